The van der Waals surface area contributed by atoms with Crippen molar-refractivity contribution >= 4 is 11.0 Å². The maximum atomic E-state index is 4.90. The van der Waals surface area contributed by atoms with Gasteiger partial charge in [0.1, 0.15) is 11.0 Å². The molecule has 1 fully saturated rings. The molecule has 3 aromatic rings. The lowest BCUT2D eigenvalue weighted by Gasteiger charge is -2.25. The van der Waals surface area contributed by atoms with E-state index in [4.69, 9.17) is 4.63 Å². The van der Waals surface area contributed by atoms with Gasteiger partial charge in [0.2, 0.25) is 0 Å². The van der Waals surface area contributed by atoms with E-state index in [2.05, 4.69) is 71.5 Å². The summed E-state index contributed by atoms with van der Waals surface area (Å²) in [6.07, 6.45) is 0. The van der Waals surface area contributed by atoms with Crippen LogP contribution in [0, 0.1) is 6.92 Å². The highest BCUT2D eigenvalue weighted by Crippen LogP contribution is 2.32. The van der Waals surface area contributed by atoms with Gasteiger partial charge in [0, 0.05) is 31.6 Å². The number of hydrogen-bond donors (Lipinski definition) is 0. The minimum Gasteiger partial charge on any atom is -0.305 e. The zero-order chi connectivity index (χ0) is 17.4. The van der Waals surface area contributed by atoms with E-state index in [1.54, 1.807) is 0 Å². The molecule has 0 aliphatic carbocycles. The summed E-state index contributed by atoms with van der Waals surface area (Å²) in [6, 6.07) is 15.6. The Balaban J connectivity index is 1.57. The molecule has 2 heterocycles. The van der Waals surface area contributed by atoms with Crippen LogP contribution < -0.4 is 0 Å². The lowest BCUT2D eigenvalue weighted by molar-refractivity contribution is 0.260. The van der Waals surface area contributed by atoms with Crippen molar-refractivity contribution in [2.24, 2.45) is 0 Å². The van der Waals surface area contributed by atoms with Crippen molar-refractivity contribution in [2.75, 3.05) is 27.2 Å². The fourth-order valence-electron chi connectivity index (χ4n) is 3.89. The normalized spacial score (nSPS) is 21.4. The molecule has 4 rings (SSSR count). The van der Waals surface area contributed by atoms with Crippen LogP contribution in [-0.4, -0.2) is 53.3 Å². The molecule has 0 spiro atoms. The quantitative estimate of drug-likeness (QED) is 0.733. The SMILES string of the molecule is Cc1ccc([C@@H]2CN(Cc3cccc4nonc34)C[C@H]2N(C)C)cc1. The topological polar surface area (TPSA) is 45.4 Å². The summed E-state index contributed by atoms with van der Waals surface area (Å²) >= 11 is 0. The highest BCUT2D eigenvalue weighted by atomic mass is 16.6. The highest BCUT2D eigenvalue weighted by Gasteiger charge is 2.35. The van der Waals surface area contributed by atoms with Crippen molar-refractivity contribution in [1.82, 2.24) is 20.1 Å². The maximum Gasteiger partial charge on any atom is 0.139 e. The molecule has 0 N–H and O–H groups in total. The first kappa shape index (κ1) is 16.2. The van der Waals surface area contributed by atoms with Crippen LogP contribution in [0.25, 0.3) is 11.0 Å². The summed E-state index contributed by atoms with van der Waals surface area (Å²) in [4.78, 5) is 4.86. The first-order chi connectivity index (χ1) is 12.1. The Labute approximate surface area is 148 Å². The van der Waals surface area contributed by atoms with Crippen LogP contribution >= 0.6 is 0 Å². The average Bonchev–Trinajstić information content (AvgIpc) is 3.23. The molecule has 5 heteroatoms. The van der Waals surface area contributed by atoms with Crippen molar-refractivity contribution < 1.29 is 4.63 Å². The van der Waals surface area contributed by atoms with Gasteiger partial charge in [0.05, 0.1) is 0 Å². The summed E-state index contributed by atoms with van der Waals surface area (Å²) < 4.78 is 4.90. The van der Waals surface area contributed by atoms with Gasteiger partial charge in [0.25, 0.3) is 0 Å². The number of benzene rings is 2. The second-order valence-electron chi connectivity index (χ2n) is 7.29. The van der Waals surface area contributed by atoms with Gasteiger partial charge in [0.15, 0.2) is 0 Å². The molecule has 1 aromatic heterocycles. The van der Waals surface area contributed by atoms with Crippen molar-refractivity contribution in [3.05, 3.63) is 59.2 Å². The van der Waals surface area contributed by atoms with Crippen molar-refractivity contribution in [3.8, 4) is 0 Å². The molecule has 5 nitrogen and oxygen atoms in total. The van der Waals surface area contributed by atoms with Crippen LogP contribution in [0.15, 0.2) is 47.1 Å². The number of likely N-dealkylation sites (N-methyl/N-ethyl adjacent to an activating group) is 1. The Hall–Kier alpha value is -2.24. The first-order valence-corrected chi connectivity index (χ1v) is 8.77. The predicted molar refractivity (Wildman–Crippen MR) is 98.5 cm³/mol. The predicted octanol–water partition coefficient (Wildman–Crippen LogP) is 3.06. The maximum absolute atomic E-state index is 4.90. The van der Waals surface area contributed by atoms with Crippen LogP contribution in [0.1, 0.15) is 22.6 Å². The van der Waals surface area contributed by atoms with Gasteiger partial charge in [-0.2, -0.15) is 0 Å². The second-order valence-corrected chi connectivity index (χ2v) is 7.29. The van der Waals surface area contributed by atoms with Gasteiger partial charge >= 0.3 is 0 Å². The Morgan fingerprint density at radius 1 is 1.08 bits per heavy atom. The number of fused-ring (bicyclic) bond motifs is 1. The first-order valence-electron chi connectivity index (χ1n) is 8.77. The highest BCUT2D eigenvalue weighted by molar-refractivity contribution is 5.76. The molecule has 1 aliphatic heterocycles. The minimum absolute atomic E-state index is 0.511. The molecule has 0 bridgehead atoms. The second kappa shape index (κ2) is 6.58. The van der Waals surface area contributed by atoms with Gasteiger partial charge in [-0.3, -0.25) is 4.90 Å². The zero-order valence-electron chi connectivity index (χ0n) is 15.0. The Morgan fingerprint density at radius 3 is 2.64 bits per heavy atom. The molecule has 2 aromatic carbocycles. The van der Waals surface area contributed by atoms with Crippen LogP contribution in [0.4, 0.5) is 0 Å². The van der Waals surface area contributed by atoms with Crippen LogP contribution in [0.5, 0.6) is 0 Å². The molecule has 1 aliphatic rings. The van der Waals surface area contributed by atoms with Gasteiger partial charge in [-0.05, 0) is 48.5 Å². The molecule has 1 saturated heterocycles. The zero-order valence-corrected chi connectivity index (χ0v) is 15.0. The third-order valence-corrected chi connectivity index (χ3v) is 5.30. The number of rotatable bonds is 4. The molecular formula is C20H24N4O. The van der Waals surface area contributed by atoms with E-state index in [1.807, 2.05) is 12.1 Å². The Morgan fingerprint density at radius 2 is 1.88 bits per heavy atom. The third-order valence-electron chi connectivity index (χ3n) is 5.30. The summed E-state index contributed by atoms with van der Waals surface area (Å²) in [6.45, 7) is 5.11. The van der Waals surface area contributed by atoms with Crippen molar-refractivity contribution in [3.63, 3.8) is 0 Å². The molecular weight excluding hydrogens is 312 g/mol. The largest absolute Gasteiger partial charge is 0.305 e. The molecule has 0 amide bonds. The van der Waals surface area contributed by atoms with Gasteiger partial charge < -0.3 is 4.90 Å². The van der Waals surface area contributed by atoms with E-state index in [0.29, 0.717) is 12.0 Å². The fourth-order valence-corrected chi connectivity index (χ4v) is 3.89. The van der Waals surface area contributed by atoms with Crippen LogP contribution in [0.2, 0.25) is 0 Å². The number of hydrogen-bond acceptors (Lipinski definition) is 5. The van der Waals surface area contributed by atoms with Gasteiger partial charge in [-0.15, -0.1) is 0 Å². The summed E-state index contributed by atoms with van der Waals surface area (Å²) in [7, 11) is 4.36. The van der Waals surface area contributed by atoms with Crippen LogP contribution in [0.3, 0.4) is 0 Å². The molecule has 130 valence electrons. The van der Waals surface area contributed by atoms with Gasteiger partial charge in [-0.25, -0.2) is 4.63 Å². The molecule has 0 unspecified atom stereocenters. The number of nitrogens with zero attached hydrogens (tertiary/aromatic N) is 4. The third kappa shape index (κ3) is 3.17. The van der Waals surface area contributed by atoms with Gasteiger partial charge in [-0.1, -0.05) is 42.0 Å². The van der Waals surface area contributed by atoms with E-state index in [0.717, 1.165) is 30.7 Å². The number of aromatic nitrogens is 2. The van der Waals surface area contributed by atoms with Crippen LogP contribution in [-0.2, 0) is 6.54 Å². The average molecular weight is 336 g/mol. The van der Waals surface area contributed by atoms with E-state index >= 15 is 0 Å². The van der Waals surface area contributed by atoms with E-state index < -0.39 is 0 Å². The summed E-state index contributed by atoms with van der Waals surface area (Å²) in [5.41, 5.74) is 5.62. The lowest BCUT2D eigenvalue weighted by atomic mass is 9.93. The number of likely N-dealkylation sites (tertiary alicyclic amines) is 1. The van der Waals surface area contributed by atoms with E-state index in [1.165, 1.54) is 16.7 Å². The Kier molecular flexibility index (Phi) is 4.27. The lowest BCUT2D eigenvalue weighted by Crippen LogP contribution is -2.34. The van der Waals surface area contributed by atoms with E-state index in [-0.39, 0.29) is 0 Å². The summed E-state index contributed by atoms with van der Waals surface area (Å²) in [5.74, 6) is 0.519. The monoisotopic (exact) mass is 336 g/mol. The molecule has 2 atom stereocenters. The number of aryl methyl sites for hydroxylation is 1. The standard InChI is InChI=1S/C20H24N4O/c1-14-7-9-15(10-8-14)17-12-24(13-19(17)23(2)3)11-16-5-4-6-18-20(16)22-25-21-18/h4-10,17,19H,11-13H2,1-3H3/t17-,19+/m0/s1. The Bertz CT molecular complexity index is 856. The smallest absolute Gasteiger partial charge is 0.139 e. The van der Waals surface area contributed by atoms with E-state index in [9.17, 15) is 0 Å². The minimum atomic E-state index is 0.511. The fraction of sp³-hybridized carbons (Fsp3) is 0.400. The molecule has 25 heavy (non-hydrogen) atoms. The van der Waals surface area contributed by atoms with Crippen molar-refractivity contribution in [1.29, 1.82) is 0 Å². The molecule has 0 saturated carbocycles. The van der Waals surface area contributed by atoms with Crippen molar-refractivity contribution in [2.45, 2.75) is 25.4 Å². The molecule has 0 radical (unpaired) electrons. The summed E-state index contributed by atoms with van der Waals surface area (Å²) in [5, 5.41) is 8.03.